The number of hydrogen-bond acceptors (Lipinski definition) is 4. The van der Waals surface area contributed by atoms with Crippen LogP contribution in [0.15, 0.2) is 42.7 Å². The molecule has 1 aromatic carbocycles. The van der Waals surface area contributed by atoms with Crippen LogP contribution in [-0.4, -0.2) is 31.3 Å². The highest BCUT2D eigenvalue weighted by Gasteiger charge is 2.05. The van der Waals surface area contributed by atoms with Gasteiger partial charge in [-0.1, -0.05) is 12.1 Å². The van der Waals surface area contributed by atoms with Crippen LogP contribution < -0.4 is 20.1 Å². The lowest BCUT2D eigenvalue weighted by molar-refractivity contribution is 0.235. The van der Waals surface area contributed by atoms with E-state index in [9.17, 15) is 4.79 Å². The molecule has 0 saturated carbocycles. The summed E-state index contributed by atoms with van der Waals surface area (Å²) in [5.41, 5.74) is 2.05. The molecule has 0 aliphatic carbocycles. The maximum atomic E-state index is 11.7. The van der Waals surface area contributed by atoms with Crippen LogP contribution in [0, 0.1) is 6.92 Å². The summed E-state index contributed by atoms with van der Waals surface area (Å²) in [7, 11) is 1.60. The number of nitrogens with one attached hydrogen (secondary N) is 2. The van der Waals surface area contributed by atoms with Crippen molar-refractivity contribution in [3.8, 4) is 11.5 Å². The summed E-state index contributed by atoms with van der Waals surface area (Å²) in [5.74, 6) is 1.35. The third kappa shape index (κ3) is 5.50. The summed E-state index contributed by atoms with van der Waals surface area (Å²) in [6.07, 6.45) is 3.41. The Balaban J connectivity index is 1.68. The molecule has 0 aliphatic heterocycles. The Kier molecular flexibility index (Phi) is 6.23. The van der Waals surface area contributed by atoms with Gasteiger partial charge in [0.25, 0.3) is 0 Å². The molecule has 0 spiro atoms. The lowest BCUT2D eigenvalue weighted by atomic mass is 10.2. The van der Waals surface area contributed by atoms with Gasteiger partial charge in [-0.05, 0) is 36.2 Å². The van der Waals surface area contributed by atoms with E-state index in [-0.39, 0.29) is 6.03 Å². The van der Waals surface area contributed by atoms with Gasteiger partial charge in [-0.3, -0.25) is 4.98 Å². The first-order valence-corrected chi connectivity index (χ1v) is 7.37. The Bertz CT molecular complexity index is 632. The Morgan fingerprint density at radius 2 is 2.09 bits per heavy atom. The highest BCUT2D eigenvalue weighted by atomic mass is 16.5. The highest BCUT2D eigenvalue weighted by molar-refractivity contribution is 5.73. The number of hydrogen-bond donors (Lipinski definition) is 2. The van der Waals surface area contributed by atoms with E-state index in [0.717, 1.165) is 11.1 Å². The average molecular weight is 315 g/mol. The third-order valence-electron chi connectivity index (χ3n) is 3.14. The minimum Gasteiger partial charge on any atom is -0.493 e. The molecule has 1 aromatic heterocycles. The average Bonchev–Trinajstić information content (AvgIpc) is 2.58. The van der Waals surface area contributed by atoms with Crippen LogP contribution >= 0.6 is 0 Å². The van der Waals surface area contributed by atoms with Crippen molar-refractivity contribution in [2.24, 2.45) is 0 Å². The van der Waals surface area contributed by atoms with E-state index in [1.165, 1.54) is 0 Å². The molecule has 2 rings (SSSR count). The second kappa shape index (κ2) is 8.63. The number of amides is 2. The summed E-state index contributed by atoms with van der Waals surface area (Å²) in [6, 6.07) is 9.21. The molecule has 0 atom stereocenters. The number of nitrogens with zero attached hydrogens (tertiary/aromatic N) is 1. The number of rotatable bonds is 7. The minimum absolute atomic E-state index is 0.242. The van der Waals surface area contributed by atoms with Gasteiger partial charge >= 0.3 is 6.03 Å². The van der Waals surface area contributed by atoms with E-state index in [2.05, 4.69) is 15.6 Å². The van der Waals surface area contributed by atoms with Gasteiger partial charge in [-0.25, -0.2) is 4.79 Å². The standard InChI is InChI=1S/C17H21N3O3/c1-13-5-6-15(16(10-13)22-2)23-9-8-19-17(21)20-12-14-4-3-7-18-11-14/h3-7,10-11H,8-9,12H2,1-2H3,(H2,19,20,21). The van der Waals surface area contributed by atoms with Gasteiger partial charge in [0.2, 0.25) is 0 Å². The summed E-state index contributed by atoms with van der Waals surface area (Å²) in [4.78, 5) is 15.7. The molecular weight excluding hydrogens is 294 g/mol. The van der Waals surface area contributed by atoms with Crippen molar-refractivity contribution in [3.05, 3.63) is 53.9 Å². The second-order valence-corrected chi connectivity index (χ2v) is 4.97. The van der Waals surface area contributed by atoms with Crippen molar-refractivity contribution in [2.75, 3.05) is 20.3 Å². The number of pyridine rings is 1. The molecule has 0 aliphatic rings. The van der Waals surface area contributed by atoms with Crippen LogP contribution in [-0.2, 0) is 6.54 Å². The molecule has 6 heteroatoms. The van der Waals surface area contributed by atoms with E-state index in [4.69, 9.17) is 9.47 Å². The summed E-state index contributed by atoms with van der Waals surface area (Å²) in [6.45, 7) is 3.18. The van der Waals surface area contributed by atoms with E-state index >= 15 is 0 Å². The van der Waals surface area contributed by atoms with Gasteiger partial charge in [0.05, 0.1) is 13.7 Å². The van der Waals surface area contributed by atoms with Gasteiger partial charge in [-0.2, -0.15) is 0 Å². The molecule has 0 bridgehead atoms. The molecule has 2 N–H and O–H groups in total. The van der Waals surface area contributed by atoms with Crippen molar-refractivity contribution in [3.63, 3.8) is 0 Å². The zero-order valence-electron chi connectivity index (χ0n) is 13.3. The van der Waals surface area contributed by atoms with Crippen LogP contribution in [0.4, 0.5) is 4.79 Å². The predicted molar refractivity (Wildman–Crippen MR) is 87.7 cm³/mol. The molecule has 0 radical (unpaired) electrons. The highest BCUT2D eigenvalue weighted by Crippen LogP contribution is 2.27. The quantitative estimate of drug-likeness (QED) is 0.769. The van der Waals surface area contributed by atoms with Crippen molar-refractivity contribution in [1.82, 2.24) is 15.6 Å². The summed E-state index contributed by atoms with van der Waals surface area (Å²) in [5, 5.41) is 5.49. The van der Waals surface area contributed by atoms with Gasteiger partial charge < -0.3 is 20.1 Å². The van der Waals surface area contributed by atoms with Crippen LogP contribution in [0.3, 0.4) is 0 Å². The molecule has 2 aromatic rings. The van der Waals surface area contributed by atoms with Gasteiger partial charge in [0.1, 0.15) is 6.61 Å². The van der Waals surface area contributed by atoms with E-state index in [0.29, 0.717) is 31.2 Å². The van der Waals surface area contributed by atoms with E-state index in [1.807, 2.05) is 37.3 Å². The lowest BCUT2D eigenvalue weighted by Gasteiger charge is -2.12. The Hall–Kier alpha value is -2.76. The monoisotopic (exact) mass is 315 g/mol. The SMILES string of the molecule is COc1cc(C)ccc1OCCNC(=O)NCc1cccnc1. The third-order valence-corrected chi connectivity index (χ3v) is 3.14. The Morgan fingerprint density at radius 1 is 1.22 bits per heavy atom. The second-order valence-electron chi connectivity index (χ2n) is 4.97. The van der Waals surface area contributed by atoms with E-state index in [1.54, 1.807) is 19.5 Å². The summed E-state index contributed by atoms with van der Waals surface area (Å²) < 4.78 is 10.9. The van der Waals surface area contributed by atoms with Crippen LogP contribution in [0.25, 0.3) is 0 Å². The Morgan fingerprint density at radius 3 is 2.83 bits per heavy atom. The Labute approximate surface area is 135 Å². The molecule has 0 unspecified atom stereocenters. The molecule has 0 fully saturated rings. The van der Waals surface area contributed by atoms with Crippen LogP contribution in [0.1, 0.15) is 11.1 Å². The first-order valence-electron chi connectivity index (χ1n) is 7.37. The number of benzene rings is 1. The smallest absolute Gasteiger partial charge is 0.315 e. The number of aromatic nitrogens is 1. The molecular formula is C17H21N3O3. The van der Waals surface area contributed by atoms with Crippen molar-refractivity contribution in [1.29, 1.82) is 0 Å². The predicted octanol–water partition coefficient (Wildman–Crippen LogP) is 2.28. The molecule has 6 nitrogen and oxygen atoms in total. The minimum atomic E-state index is -0.242. The molecule has 1 heterocycles. The zero-order valence-corrected chi connectivity index (χ0v) is 13.3. The maximum absolute atomic E-state index is 11.7. The van der Waals surface area contributed by atoms with Crippen molar-refractivity contribution in [2.45, 2.75) is 13.5 Å². The summed E-state index contributed by atoms with van der Waals surface area (Å²) >= 11 is 0. The fourth-order valence-corrected chi connectivity index (χ4v) is 1.97. The molecule has 23 heavy (non-hydrogen) atoms. The van der Waals surface area contributed by atoms with E-state index < -0.39 is 0 Å². The number of ether oxygens (including phenoxy) is 2. The number of urea groups is 1. The molecule has 0 saturated heterocycles. The lowest BCUT2D eigenvalue weighted by Crippen LogP contribution is -2.37. The van der Waals surface area contributed by atoms with Gasteiger partial charge in [-0.15, -0.1) is 0 Å². The normalized spacial score (nSPS) is 10.0. The van der Waals surface area contributed by atoms with Crippen molar-refractivity contribution < 1.29 is 14.3 Å². The first-order chi connectivity index (χ1) is 11.2. The largest absolute Gasteiger partial charge is 0.493 e. The number of carbonyl (C=O) groups excluding carboxylic acids is 1. The van der Waals surface area contributed by atoms with Gasteiger partial charge in [0, 0.05) is 18.9 Å². The first kappa shape index (κ1) is 16.6. The topological polar surface area (TPSA) is 72.5 Å². The fourth-order valence-electron chi connectivity index (χ4n) is 1.97. The zero-order chi connectivity index (χ0) is 16.5. The maximum Gasteiger partial charge on any atom is 0.315 e. The number of aryl methyl sites for hydroxylation is 1. The van der Waals surface area contributed by atoms with Crippen LogP contribution in [0.5, 0.6) is 11.5 Å². The van der Waals surface area contributed by atoms with Gasteiger partial charge in [0.15, 0.2) is 11.5 Å². The fraction of sp³-hybridized carbons (Fsp3) is 0.294. The number of methoxy groups -OCH3 is 1. The molecule has 122 valence electrons. The van der Waals surface area contributed by atoms with Crippen LogP contribution in [0.2, 0.25) is 0 Å². The molecule has 2 amide bonds. The van der Waals surface area contributed by atoms with Crippen molar-refractivity contribution >= 4 is 6.03 Å². The number of carbonyl (C=O) groups is 1.